The number of nitrogens with two attached hydrogens (primary N) is 1. The van der Waals surface area contributed by atoms with Crippen LogP contribution in [0.25, 0.3) is 0 Å². The fourth-order valence-electron chi connectivity index (χ4n) is 2.12. The van der Waals surface area contributed by atoms with Crippen molar-refractivity contribution in [2.75, 3.05) is 6.61 Å². The standard InChI is InChI=1S/C13H26N4O/c1-6-10-8-11(17(5)16-10)9-12(15-14)13(3,4)18-7-2/h8,12,15H,6-7,9,14H2,1-5H3. The third kappa shape index (κ3) is 3.54. The summed E-state index contributed by atoms with van der Waals surface area (Å²) in [4.78, 5) is 0. The van der Waals surface area contributed by atoms with Gasteiger partial charge in [-0.05, 0) is 33.3 Å². The van der Waals surface area contributed by atoms with E-state index in [9.17, 15) is 0 Å². The van der Waals surface area contributed by atoms with E-state index in [1.165, 1.54) is 5.69 Å². The van der Waals surface area contributed by atoms with E-state index in [0.29, 0.717) is 6.61 Å². The van der Waals surface area contributed by atoms with Crippen LogP contribution in [-0.4, -0.2) is 28.0 Å². The largest absolute Gasteiger partial charge is 0.374 e. The molecule has 18 heavy (non-hydrogen) atoms. The maximum absolute atomic E-state index is 5.76. The Balaban J connectivity index is 2.82. The number of rotatable bonds is 7. The summed E-state index contributed by atoms with van der Waals surface area (Å²) in [6.45, 7) is 8.89. The molecular formula is C13H26N4O. The van der Waals surface area contributed by atoms with Gasteiger partial charge in [0.15, 0.2) is 0 Å². The Bertz CT molecular complexity index is 373. The first-order chi connectivity index (χ1) is 8.44. The van der Waals surface area contributed by atoms with Gasteiger partial charge in [-0.15, -0.1) is 0 Å². The van der Waals surface area contributed by atoms with E-state index in [2.05, 4.69) is 37.4 Å². The molecule has 0 spiro atoms. The zero-order valence-electron chi connectivity index (χ0n) is 12.2. The molecule has 0 amide bonds. The summed E-state index contributed by atoms with van der Waals surface area (Å²) in [6, 6.07) is 2.18. The maximum Gasteiger partial charge on any atom is 0.0795 e. The van der Waals surface area contributed by atoms with Gasteiger partial charge in [0.1, 0.15) is 0 Å². The van der Waals surface area contributed by atoms with Crippen molar-refractivity contribution in [2.45, 2.75) is 52.2 Å². The zero-order chi connectivity index (χ0) is 13.8. The molecule has 0 saturated carbocycles. The van der Waals surface area contributed by atoms with Gasteiger partial charge in [-0.1, -0.05) is 6.92 Å². The van der Waals surface area contributed by atoms with Crippen molar-refractivity contribution >= 4 is 0 Å². The molecule has 104 valence electrons. The van der Waals surface area contributed by atoms with E-state index >= 15 is 0 Å². The van der Waals surface area contributed by atoms with E-state index in [1.54, 1.807) is 0 Å². The molecule has 0 bridgehead atoms. The Hall–Kier alpha value is -0.910. The van der Waals surface area contributed by atoms with Crippen LogP contribution >= 0.6 is 0 Å². The smallest absolute Gasteiger partial charge is 0.0795 e. The Kier molecular flexibility index (Phi) is 5.31. The molecule has 0 saturated heterocycles. The second kappa shape index (κ2) is 6.31. The van der Waals surface area contributed by atoms with Crippen molar-refractivity contribution in [1.82, 2.24) is 15.2 Å². The van der Waals surface area contributed by atoms with E-state index in [-0.39, 0.29) is 11.6 Å². The van der Waals surface area contributed by atoms with Crippen molar-refractivity contribution in [3.8, 4) is 0 Å². The number of nitrogens with zero attached hydrogens (tertiary/aromatic N) is 2. The molecule has 1 aromatic rings. The van der Waals surface area contributed by atoms with Gasteiger partial charge in [0.25, 0.3) is 0 Å². The minimum atomic E-state index is -0.305. The summed E-state index contributed by atoms with van der Waals surface area (Å²) in [5, 5.41) is 4.45. The third-order valence-corrected chi connectivity index (χ3v) is 3.36. The molecule has 0 aromatic carbocycles. The normalized spacial score (nSPS) is 13.9. The summed E-state index contributed by atoms with van der Waals surface area (Å²) in [7, 11) is 1.97. The number of hydrogen-bond acceptors (Lipinski definition) is 4. The lowest BCUT2D eigenvalue weighted by atomic mass is 9.94. The molecule has 1 rings (SSSR count). The van der Waals surface area contributed by atoms with Gasteiger partial charge in [0.05, 0.1) is 17.3 Å². The maximum atomic E-state index is 5.76. The van der Waals surface area contributed by atoms with Crippen LogP contribution in [0, 0.1) is 0 Å². The van der Waals surface area contributed by atoms with E-state index in [4.69, 9.17) is 10.6 Å². The summed E-state index contributed by atoms with van der Waals surface area (Å²) in [6.07, 6.45) is 1.75. The van der Waals surface area contributed by atoms with Crippen molar-refractivity contribution in [1.29, 1.82) is 0 Å². The number of ether oxygens (including phenoxy) is 1. The minimum Gasteiger partial charge on any atom is -0.374 e. The summed E-state index contributed by atoms with van der Waals surface area (Å²) in [5.41, 5.74) is 4.84. The molecule has 0 fully saturated rings. The van der Waals surface area contributed by atoms with Crippen LogP contribution in [0.15, 0.2) is 6.07 Å². The van der Waals surface area contributed by atoms with Crippen LogP contribution in [-0.2, 0) is 24.6 Å². The highest BCUT2D eigenvalue weighted by Gasteiger charge is 2.30. The van der Waals surface area contributed by atoms with Crippen molar-refractivity contribution in [3.63, 3.8) is 0 Å². The number of nitrogens with one attached hydrogen (secondary N) is 1. The predicted molar refractivity (Wildman–Crippen MR) is 73.1 cm³/mol. The molecule has 1 aromatic heterocycles. The van der Waals surface area contributed by atoms with Gasteiger partial charge in [0.2, 0.25) is 0 Å². The van der Waals surface area contributed by atoms with Gasteiger partial charge in [-0.3, -0.25) is 16.0 Å². The van der Waals surface area contributed by atoms with Crippen LogP contribution in [0.5, 0.6) is 0 Å². The monoisotopic (exact) mass is 254 g/mol. The van der Waals surface area contributed by atoms with Gasteiger partial charge in [-0.2, -0.15) is 5.10 Å². The zero-order valence-corrected chi connectivity index (χ0v) is 12.2. The van der Waals surface area contributed by atoms with E-state index < -0.39 is 0 Å². The van der Waals surface area contributed by atoms with Gasteiger partial charge >= 0.3 is 0 Å². The van der Waals surface area contributed by atoms with Gasteiger partial charge in [-0.25, -0.2) is 0 Å². The van der Waals surface area contributed by atoms with Gasteiger partial charge in [0, 0.05) is 25.8 Å². The van der Waals surface area contributed by atoms with E-state index in [0.717, 1.165) is 18.5 Å². The molecule has 0 aliphatic carbocycles. The highest BCUT2D eigenvalue weighted by atomic mass is 16.5. The molecule has 0 aliphatic heterocycles. The number of hydrazine groups is 1. The Labute approximate surface area is 110 Å². The summed E-state index contributed by atoms with van der Waals surface area (Å²) in [5.74, 6) is 5.67. The molecule has 3 N–H and O–H groups in total. The van der Waals surface area contributed by atoms with Crippen LogP contribution in [0.3, 0.4) is 0 Å². The molecule has 1 heterocycles. The van der Waals surface area contributed by atoms with Gasteiger partial charge < -0.3 is 4.74 Å². The molecule has 5 nitrogen and oxygen atoms in total. The highest BCUT2D eigenvalue weighted by Crippen LogP contribution is 2.19. The quantitative estimate of drug-likeness (QED) is 0.566. The third-order valence-electron chi connectivity index (χ3n) is 3.36. The second-order valence-corrected chi connectivity index (χ2v) is 5.06. The average molecular weight is 254 g/mol. The first-order valence-corrected chi connectivity index (χ1v) is 6.56. The Morgan fingerprint density at radius 3 is 2.61 bits per heavy atom. The molecule has 1 atom stereocenters. The Morgan fingerprint density at radius 2 is 2.17 bits per heavy atom. The van der Waals surface area contributed by atoms with Crippen molar-refractivity contribution < 1.29 is 4.74 Å². The molecule has 0 radical (unpaired) electrons. The topological polar surface area (TPSA) is 65.1 Å². The predicted octanol–water partition coefficient (Wildman–Crippen LogP) is 1.17. The Morgan fingerprint density at radius 1 is 1.50 bits per heavy atom. The second-order valence-electron chi connectivity index (χ2n) is 5.06. The molecule has 1 unspecified atom stereocenters. The molecule has 0 aliphatic rings. The lowest BCUT2D eigenvalue weighted by Gasteiger charge is -2.33. The first kappa shape index (κ1) is 15.1. The number of hydrogen-bond donors (Lipinski definition) is 2. The fraction of sp³-hybridized carbons (Fsp3) is 0.769. The minimum absolute atomic E-state index is 0.0533. The van der Waals surface area contributed by atoms with Crippen molar-refractivity contribution in [2.24, 2.45) is 12.9 Å². The van der Waals surface area contributed by atoms with Crippen LogP contribution in [0.1, 0.15) is 39.1 Å². The van der Waals surface area contributed by atoms with Crippen LogP contribution in [0.2, 0.25) is 0 Å². The lowest BCUT2D eigenvalue weighted by molar-refractivity contribution is -0.0384. The first-order valence-electron chi connectivity index (χ1n) is 6.56. The summed E-state index contributed by atoms with van der Waals surface area (Å²) >= 11 is 0. The van der Waals surface area contributed by atoms with Crippen molar-refractivity contribution in [3.05, 3.63) is 17.5 Å². The SMILES string of the molecule is CCOC(C)(C)C(Cc1cc(CC)nn1C)NN. The van der Waals surface area contributed by atoms with Crippen LogP contribution < -0.4 is 11.3 Å². The average Bonchev–Trinajstić information content (AvgIpc) is 2.66. The fourth-order valence-corrected chi connectivity index (χ4v) is 2.12. The molecule has 5 heteroatoms. The number of aryl methyl sites for hydroxylation is 2. The number of aromatic nitrogens is 2. The van der Waals surface area contributed by atoms with E-state index in [1.807, 2.05) is 18.7 Å². The van der Waals surface area contributed by atoms with Crippen LogP contribution in [0.4, 0.5) is 0 Å². The molecular weight excluding hydrogens is 228 g/mol. The summed E-state index contributed by atoms with van der Waals surface area (Å²) < 4.78 is 7.68. The highest BCUT2D eigenvalue weighted by molar-refractivity contribution is 5.12. The lowest BCUT2D eigenvalue weighted by Crippen LogP contribution is -2.53.